The molecule has 5 heteroatoms. The van der Waals surface area contributed by atoms with E-state index in [1.54, 1.807) is 0 Å². The average Bonchev–Trinajstić information content (AvgIpc) is 3.76. The highest BCUT2D eigenvalue weighted by Gasteiger charge is 2.20. The largest absolute Gasteiger partial charge is 0.456 e. The highest BCUT2D eigenvalue weighted by molar-refractivity contribution is 6.16. The molecule has 242 valence electrons. The number of para-hydroxylation sites is 1. The highest BCUT2D eigenvalue weighted by atomic mass is 16.3. The number of aromatic nitrogens is 3. The first-order valence-electron chi connectivity index (χ1n) is 17.2. The predicted molar refractivity (Wildman–Crippen MR) is 210 cm³/mol. The Morgan fingerprint density at radius 2 is 1.12 bits per heavy atom. The van der Waals surface area contributed by atoms with Gasteiger partial charge in [0.1, 0.15) is 22.8 Å². The fourth-order valence-corrected chi connectivity index (χ4v) is 7.50. The van der Waals surface area contributed by atoms with E-state index in [1.807, 2.05) is 72.8 Å². The summed E-state index contributed by atoms with van der Waals surface area (Å²) >= 11 is 0. The molecule has 0 aliphatic carbocycles. The Bertz CT molecular complexity index is 2950. The van der Waals surface area contributed by atoms with Gasteiger partial charge in [-0.3, -0.25) is 0 Å². The van der Waals surface area contributed by atoms with Crippen molar-refractivity contribution < 1.29 is 4.42 Å². The molecule has 0 atom stereocenters. The molecular formula is C47H28N4O. The zero-order chi connectivity index (χ0) is 34.6. The molecule has 0 aliphatic heterocycles. The van der Waals surface area contributed by atoms with Crippen molar-refractivity contribution in [2.75, 3.05) is 0 Å². The topological polar surface area (TPSA) is 67.6 Å². The molecule has 0 radical (unpaired) electrons. The van der Waals surface area contributed by atoms with Gasteiger partial charge in [0.15, 0.2) is 5.82 Å². The molecule has 52 heavy (non-hydrogen) atoms. The van der Waals surface area contributed by atoms with Crippen molar-refractivity contribution in [3.05, 3.63) is 175 Å². The molecular weight excluding hydrogens is 637 g/mol. The zero-order valence-corrected chi connectivity index (χ0v) is 27.9. The van der Waals surface area contributed by atoms with Crippen LogP contribution in [0, 0.1) is 11.3 Å². The molecule has 0 unspecified atom stereocenters. The minimum Gasteiger partial charge on any atom is -0.456 e. The van der Waals surface area contributed by atoms with Crippen LogP contribution >= 0.6 is 0 Å². The van der Waals surface area contributed by atoms with Crippen LogP contribution in [0.2, 0.25) is 0 Å². The molecule has 0 aliphatic rings. The molecule has 5 nitrogen and oxygen atoms in total. The zero-order valence-electron chi connectivity index (χ0n) is 27.9. The second kappa shape index (κ2) is 11.9. The lowest BCUT2D eigenvalue weighted by molar-refractivity contribution is 0.669. The molecule has 0 saturated heterocycles. The van der Waals surface area contributed by atoms with Gasteiger partial charge in [-0.15, -0.1) is 0 Å². The van der Waals surface area contributed by atoms with E-state index in [0.29, 0.717) is 22.8 Å². The maximum atomic E-state index is 10.3. The number of hydrogen-bond donors (Lipinski definition) is 0. The number of benzene rings is 7. The summed E-state index contributed by atoms with van der Waals surface area (Å²) in [5.74, 6) is 0.527. The van der Waals surface area contributed by atoms with E-state index in [2.05, 4.69) is 108 Å². The Hall–Kier alpha value is -7.29. The highest BCUT2D eigenvalue weighted by Crippen LogP contribution is 2.40. The molecule has 0 amide bonds. The molecule has 10 aromatic rings. The number of fused-ring (bicyclic) bond motifs is 6. The first-order valence-corrected chi connectivity index (χ1v) is 17.2. The third-order valence-electron chi connectivity index (χ3n) is 9.87. The molecule has 3 heterocycles. The summed E-state index contributed by atoms with van der Waals surface area (Å²) in [5, 5.41) is 14.8. The van der Waals surface area contributed by atoms with Gasteiger partial charge in [0.2, 0.25) is 0 Å². The number of hydrogen-bond acceptors (Lipinski definition) is 4. The SMILES string of the molecule is N#Cc1c(-c2ccccc2)nc(-c2ccc3c(c2)oc2ccc(-n4c5ccccc5c5c(-c6ccccc6)cccc54)cc23)nc1-c1ccccc1. The smallest absolute Gasteiger partial charge is 0.160 e. The molecule has 10 rings (SSSR count). The van der Waals surface area contributed by atoms with Crippen molar-refractivity contribution >= 4 is 43.7 Å². The maximum absolute atomic E-state index is 10.3. The number of nitrogens with zero attached hydrogens (tertiary/aromatic N) is 4. The first-order chi connectivity index (χ1) is 25.7. The van der Waals surface area contributed by atoms with Gasteiger partial charge in [0, 0.05) is 43.9 Å². The lowest BCUT2D eigenvalue weighted by Gasteiger charge is -2.12. The van der Waals surface area contributed by atoms with Crippen molar-refractivity contribution in [3.8, 4) is 56.8 Å². The van der Waals surface area contributed by atoms with Crippen molar-refractivity contribution in [1.82, 2.24) is 14.5 Å². The Morgan fingerprint density at radius 1 is 0.481 bits per heavy atom. The lowest BCUT2D eigenvalue weighted by Crippen LogP contribution is -2.01. The summed E-state index contributed by atoms with van der Waals surface area (Å²) in [4.78, 5) is 9.97. The van der Waals surface area contributed by atoms with Crippen LogP contribution in [0.1, 0.15) is 5.56 Å². The van der Waals surface area contributed by atoms with Crippen LogP contribution < -0.4 is 0 Å². The maximum Gasteiger partial charge on any atom is 0.160 e. The van der Waals surface area contributed by atoms with Crippen LogP contribution in [0.3, 0.4) is 0 Å². The predicted octanol–water partition coefficient (Wildman–Crippen LogP) is 12.0. The number of rotatable bonds is 5. The second-order valence-corrected chi connectivity index (χ2v) is 12.9. The standard InChI is InChI=1S/C47H28N4O/c48-29-39-45(31-15-6-2-7-16-31)49-47(50-46(39)32-17-8-3-9-18-32)33-23-25-36-38-28-34(24-26-42(38)52-43(36)27-33)51-40-21-11-10-19-37(40)44-35(20-12-22-41(44)51)30-13-4-1-5-14-30/h1-28H. The third-order valence-corrected chi connectivity index (χ3v) is 9.87. The second-order valence-electron chi connectivity index (χ2n) is 12.9. The first kappa shape index (κ1) is 29.6. The molecule has 7 aromatic carbocycles. The summed E-state index contributed by atoms with van der Waals surface area (Å²) in [6.07, 6.45) is 0. The minimum atomic E-state index is 0.444. The molecule has 0 N–H and O–H groups in total. The summed E-state index contributed by atoms with van der Waals surface area (Å²) < 4.78 is 8.85. The van der Waals surface area contributed by atoms with Crippen molar-refractivity contribution in [3.63, 3.8) is 0 Å². The van der Waals surface area contributed by atoms with Gasteiger partial charge in [-0.25, -0.2) is 9.97 Å². The average molecular weight is 665 g/mol. The monoisotopic (exact) mass is 664 g/mol. The van der Waals surface area contributed by atoms with E-state index in [0.717, 1.165) is 55.3 Å². The van der Waals surface area contributed by atoms with E-state index in [4.69, 9.17) is 14.4 Å². The van der Waals surface area contributed by atoms with Crippen LogP contribution in [-0.2, 0) is 0 Å². The molecule has 0 bridgehead atoms. The van der Waals surface area contributed by atoms with Gasteiger partial charge in [-0.1, -0.05) is 127 Å². The molecule has 0 fully saturated rings. The van der Waals surface area contributed by atoms with Crippen molar-refractivity contribution in [1.29, 1.82) is 5.26 Å². The van der Waals surface area contributed by atoms with Crippen LogP contribution in [0.25, 0.3) is 94.5 Å². The Morgan fingerprint density at radius 3 is 1.81 bits per heavy atom. The fraction of sp³-hybridized carbons (Fsp3) is 0. The normalized spacial score (nSPS) is 11.4. The van der Waals surface area contributed by atoms with Crippen molar-refractivity contribution in [2.45, 2.75) is 0 Å². The fourth-order valence-electron chi connectivity index (χ4n) is 7.50. The number of nitriles is 1. The van der Waals surface area contributed by atoms with Crippen LogP contribution in [-0.4, -0.2) is 14.5 Å². The van der Waals surface area contributed by atoms with Gasteiger partial charge in [0.25, 0.3) is 0 Å². The quantitative estimate of drug-likeness (QED) is 0.184. The van der Waals surface area contributed by atoms with Crippen molar-refractivity contribution in [2.24, 2.45) is 0 Å². The third kappa shape index (κ3) is 4.70. The van der Waals surface area contributed by atoms with Crippen LogP contribution in [0.5, 0.6) is 0 Å². The van der Waals surface area contributed by atoms with E-state index in [-0.39, 0.29) is 0 Å². The van der Waals surface area contributed by atoms with Crippen LogP contribution in [0.4, 0.5) is 0 Å². The summed E-state index contributed by atoms with van der Waals surface area (Å²) in [7, 11) is 0. The molecule has 0 spiro atoms. The summed E-state index contributed by atoms with van der Waals surface area (Å²) in [6, 6.07) is 60.3. The van der Waals surface area contributed by atoms with Gasteiger partial charge in [0.05, 0.1) is 22.4 Å². The van der Waals surface area contributed by atoms with E-state index in [1.165, 1.54) is 21.9 Å². The molecule has 0 saturated carbocycles. The van der Waals surface area contributed by atoms with E-state index < -0.39 is 0 Å². The number of furan rings is 1. The van der Waals surface area contributed by atoms with E-state index in [9.17, 15) is 5.26 Å². The summed E-state index contributed by atoms with van der Waals surface area (Å²) in [5.41, 5.74) is 11.5. The molecule has 3 aromatic heterocycles. The minimum absolute atomic E-state index is 0.444. The van der Waals surface area contributed by atoms with Gasteiger partial charge < -0.3 is 8.98 Å². The van der Waals surface area contributed by atoms with Gasteiger partial charge in [-0.05, 0) is 53.6 Å². The Balaban J connectivity index is 1.14. The Labute approximate surface area is 299 Å². The van der Waals surface area contributed by atoms with Gasteiger partial charge >= 0.3 is 0 Å². The van der Waals surface area contributed by atoms with E-state index >= 15 is 0 Å². The van der Waals surface area contributed by atoms with Crippen LogP contribution in [0.15, 0.2) is 174 Å². The summed E-state index contributed by atoms with van der Waals surface area (Å²) in [6.45, 7) is 0. The lowest BCUT2D eigenvalue weighted by atomic mass is 9.99. The van der Waals surface area contributed by atoms with Gasteiger partial charge in [-0.2, -0.15) is 5.26 Å². The Kier molecular flexibility index (Phi) is 6.80.